The number of hydrogen-bond donors (Lipinski definition) is 1. The van der Waals surface area contributed by atoms with Crippen LogP contribution < -0.4 is 5.32 Å². The zero-order valence-corrected chi connectivity index (χ0v) is 14.9. The van der Waals surface area contributed by atoms with Crippen LogP contribution in [0.5, 0.6) is 0 Å². The normalized spacial score (nSPS) is 11.0. The van der Waals surface area contributed by atoms with E-state index < -0.39 is 0 Å². The number of carbonyl (C=O) groups is 1. The summed E-state index contributed by atoms with van der Waals surface area (Å²) in [6.45, 7) is 6.01. The molecule has 0 fully saturated rings. The molecule has 0 bridgehead atoms. The smallest absolute Gasteiger partial charge is 0.274 e. The van der Waals surface area contributed by atoms with Gasteiger partial charge >= 0.3 is 0 Å². The van der Waals surface area contributed by atoms with Gasteiger partial charge in [-0.25, -0.2) is 4.98 Å². The fourth-order valence-electron chi connectivity index (χ4n) is 2.60. The van der Waals surface area contributed by atoms with E-state index in [2.05, 4.69) is 26.2 Å². The van der Waals surface area contributed by atoms with Crippen LogP contribution in [0, 0.1) is 13.8 Å². The number of aryl methyl sites for hydroxylation is 3. The van der Waals surface area contributed by atoms with E-state index in [-0.39, 0.29) is 5.91 Å². The number of carbonyl (C=O) groups excluding carboxylic acids is 1. The number of fused-ring (bicyclic) bond motifs is 1. The largest absolute Gasteiger partial charge is 0.321 e. The molecule has 0 spiro atoms. The number of benzene rings is 1. The highest BCUT2D eigenvalue weighted by atomic mass is 79.9. The van der Waals surface area contributed by atoms with Gasteiger partial charge in [-0.05, 0) is 55.7 Å². The van der Waals surface area contributed by atoms with Crippen molar-refractivity contribution in [3.63, 3.8) is 0 Å². The number of anilines is 1. The van der Waals surface area contributed by atoms with E-state index in [1.54, 1.807) is 0 Å². The number of imidazole rings is 1. The number of nitrogens with one attached hydrogen (secondary N) is 1. The maximum atomic E-state index is 12.8. The average Bonchev–Trinajstić information content (AvgIpc) is 2.88. The van der Waals surface area contributed by atoms with Gasteiger partial charge in [0, 0.05) is 16.4 Å². The molecule has 0 saturated heterocycles. The molecule has 5 heteroatoms. The summed E-state index contributed by atoms with van der Waals surface area (Å²) in [6.07, 6.45) is 2.66. The molecular weight excluding hydrogens is 354 g/mol. The van der Waals surface area contributed by atoms with Crippen LogP contribution in [0.3, 0.4) is 0 Å². The molecule has 2 aromatic heterocycles. The van der Waals surface area contributed by atoms with Gasteiger partial charge < -0.3 is 5.32 Å². The summed E-state index contributed by atoms with van der Waals surface area (Å²) in [7, 11) is 0. The molecule has 0 atom stereocenters. The molecule has 0 unspecified atom stereocenters. The van der Waals surface area contributed by atoms with Crippen LogP contribution in [0.15, 0.2) is 41.0 Å². The summed E-state index contributed by atoms with van der Waals surface area (Å²) >= 11 is 3.47. The van der Waals surface area contributed by atoms with Crippen molar-refractivity contribution in [1.29, 1.82) is 0 Å². The highest BCUT2D eigenvalue weighted by molar-refractivity contribution is 9.10. The molecule has 0 aliphatic rings. The van der Waals surface area contributed by atoms with E-state index in [4.69, 9.17) is 0 Å². The average molecular weight is 372 g/mol. The molecule has 23 heavy (non-hydrogen) atoms. The lowest BCUT2D eigenvalue weighted by Crippen LogP contribution is -2.16. The van der Waals surface area contributed by atoms with E-state index in [9.17, 15) is 4.79 Å². The van der Waals surface area contributed by atoms with Crippen LogP contribution in [0.4, 0.5) is 5.69 Å². The van der Waals surface area contributed by atoms with Gasteiger partial charge in [-0.1, -0.05) is 28.9 Å². The highest BCUT2D eigenvalue weighted by Gasteiger charge is 2.18. The van der Waals surface area contributed by atoms with E-state index in [1.165, 1.54) is 0 Å². The third kappa shape index (κ3) is 3.01. The number of nitrogens with zero attached hydrogens (tertiary/aromatic N) is 2. The van der Waals surface area contributed by atoms with E-state index >= 15 is 0 Å². The molecule has 0 radical (unpaired) electrons. The second kappa shape index (κ2) is 6.16. The van der Waals surface area contributed by atoms with Crippen molar-refractivity contribution in [2.24, 2.45) is 0 Å². The Labute approximate surface area is 143 Å². The van der Waals surface area contributed by atoms with E-state index in [1.807, 2.05) is 61.7 Å². The van der Waals surface area contributed by atoms with Crippen LogP contribution in [0.25, 0.3) is 5.65 Å². The maximum absolute atomic E-state index is 12.8. The molecule has 1 N–H and O–H groups in total. The van der Waals surface area contributed by atoms with E-state index in [0.29, 0.717) is 12.1 Å². The number of halogens is 1. The Morgan fingerprint density at radius 2 is 2.04 bits per heavy atom. The Balaban J connectivity index is 2.02. The second-order valence-corrected chi connectivity index (χ2v) is 6.47. The Morgan fingerprint density at radius 1 is 1.26 bits per heavy atom. The third-order valence-corrected chi connectivity index (χ3v) is 4.69. The van der Waals surface area contributed by atoms with Gasteiger partial charge in [-0.2, -0.15) is 0 Å². The van der Waals surface area contributed by atoms with Gasteiger partial charge in [0.15, 0.2) is 0 Å². The molecule has 0 saturated carbocycles. The Morgan fingerprint density at radius 3 is 2.74 bits per heavy atom. The van der Waals surface area contributed by atoms with Gasteiger partial charge in [0.2, 0.25) is 0 Å². The lowest BCUT2D eigenvalue weighted by atomic mass is 10.2. The fraction of sp³-hybridized carbons (Fsp3) is 0.222. The minimum absolute atomic E-state index is 0.137. The number of hydrogen-bond acceptors (Lipinski definition) is 2. The van der Waals surface area contributed by atoms with E-state index in [0.717, 1.165) is 32.6 Å². The number of aromatic nitrogens is 2. The first-order chi connectivity index (χ1) is 11.0. The van der Waals surface area contributed by atoms with Crippen molar-refractivity contribution in [3.8, 4) is 0 Å². The van der Waals surface area contributed by atoms with Crippen molar-refractivity contribution in [2.45, 2.75) is 27.2 Å². The second-order valence-electron chi connectivity index (χ2n) is 5.61. The van der Waals surface area contributed by atoms with Gasteiger partial charge in [0.25, 0.3) is 5.91 Å². The predicted molar refractivity (Wildman–Crippen MR) is 96.1 cm³/mol. The molecule has 1 aromatic carbocycles. The van der Waals surface area contributed by atoms with Crippen molar-refractivity contribution >= 4 is 33.2 Å². The summed E-state index contributed by atoms with van der Waals surface area (Å²) in [5, 5.41) is 2.98. The third-order valence-electron chi connectivity index (χ3n) is 3.80. The van der Waals surface area contributed by atoms with Crippen LogP contribution in [-0.4, -0.2) is 15.3 Å². The minimum atomic E-state index is -0.137. The highest BCUT2D eigenvalue weighted by Crippen LogP contribution is 2.21. The van der Waals surface area contributed by atoms with Crippen LogP contribution in [-0.2, 0) is 6.42 Å². The lowest BCUT2D eigenvalue weighted by molar-refractivity contribution is 0.102. The van der Waals surface area contributed by atoms with Crippen LogP contribution in [0.2, 0.25) is 0 Å². The first kappa shape index (κ1) is 15.7. The van der Waals surface area contributed by atoms with Gasteiger partial charge in [0.1, 0.15) is 11.3 Å². The molecule has 3 aromatic rings. The zero-order chi connectivity index (χ0) is 16.6. The molecule has 3 rings (SSSR count). The number of pyridine rings is 1. The predicted octanol–water partition coefficient (Wildman–Crippen LogP) is 4.53. The fourth-order valence-corrected chi connectivity index (χ4v) is 2.85. The molecule has 1 amide bonds. The van der Waals surface area contributed by atoms with Crippen LogP contribution >= 0.6 is 15.9 Å². The molecule has 0 aliphatic heterocycles. The Bertz CT molecular complexity index is 899. The number of amides is 1. The summed E-state index contributed by atoms with van der Waals surface area (Å²) < 4.78 is 2.89. The molecule has 0 aliphatic carbocycles. The van der Waals surface area contributed by atoms with Crippen molar-refractivity contribution in [2.75, 3.05) is 5.32 Å². The minimum Gasteiger partial charge on any atom is -0.321 e. The topological polar surface area (TPSA) is 46.4 Å². The standard InChI is InChI=1S/C18H18BrN3O/c1-4-15-17(22-10-11(2)5-8-16(22)21-15)18(23)20-13-6-7-14(19)12(3)9-13/h5-10H,4H2,1-3H3,(H,20,23). The maximum Gasteiger partial charge on any atom is 0.274 e. The lowest BCUT2D eigenvalue weighted by Gasteiger charge is -2.08. The Kier molecular flexibility index (Phi) is 4.22. The first-order valence-electron chi connectivity index (χ1n) is 7.54. The van der Waals surface area contributed by atoms with Crippen molar-refractivity contribution in [3.05, 3.63) is 63.5 Å². The summed E-state index contributed by atoms with van der Waals surface area (Å²) in [5.74, 6) is -0.137. The summed E-state index contributed by atoms with van der Waals surface area (Å²) in [6, 6.07) is 9.71. The van der Waals surface area contributed by atoms with Crippen molar-refractivity contribution in [1.82, 2.24) is 9.38 Å². The quantitative estimate of drug-likeness (QED) is 0.734. The Hall–Kier alpha value is -2.14. The monoisotopic (exact) mass is 371 g/mol. The van der Waals surface area contributed by atoms with Gasteiger partial charge in [0.05, 0.1) is 5.69 Å². The molecule has 4 nitrogen and oxygen atoms in total. The molecular formula is C18H18BrN3O. The zero-order valence-electron chi connectivity index (χ0n) is 13.4. The molecule has 118 valence electrons. The summed E-state index contributed by atoms with van der Waals surface area (Å²) in [4.78, 5) is 17.4. The van der Waals surface area contributed by atoms with Gasteiger partial charge in [-0.15, -0.1) is 0 Å². The van der Waals surface area contributed by atoms with Gasteiger partial charge in [-0.3, -0.25) is 9.20 Å². The number of rotatable bonds is 3. The first-order valence-corrected chi connectivity index (χ1v) is 8.34. The summed E-state index contributed by atoms with van der Waals surface area (Å²) in [5.41, 5.74) is 5.15. The van der Waals surface area contributed by atoms with Crippen LogP contribution in [0.1, 0.15) is 34.2 Å². The molecule has 2 heterocycles. The SMILES string of the molecule is CCc1nc2ccc(C)cn2c1C(=O)Nc1ccc(Br)c(C)c1. The van der Waals surface area contributed by atoms with Crippen molar-refractivity contribution < 1.29 is 4.79 Å².